The highest BCUT2D eigenvalue weighted by molar-refractivity contribution is 7.09. The molecule has 1 fully saturated rings. The van der Waals surface area contributed by atoms with E-state index in [0.717, 1.165) is 43.3 Å². The molecule has 2 aromatic rings. The molecule has 0 aliphatic carbocycles. The molecule has 1 saturated heterocycles. The second-order valence-corrected chi connectivity index (χ2v) is 7.41. The van der Waals surface area contributed by atoms with Gasteiger partial charge in [0.1, 0.15) is 10.8 Å². The minimum Gasteiger partial charge on any atom is -0.492 e. The molecule has 1 aromatic carbocycles. The first-order valence-electron chi connectivity index (χ1n) is 9.16. The second-order valence-electron chi connectivity index (χ2n) is 6.52. The van der Waals surface area contributed by atoms with Gasteiger partial charge < -0.3 is 9.64 Å². The molecule has 3 rings (SSSR count). The largest absolute Gasteiger partial charge is 0.492 e. The van der Waals surface area contributed by atoms with Gasteiger partial charge in [-0.2, -0.15) is 5.26 Å². The van der Waals surface area contributed by atoms with E-state index in [2.05, 4.69) is 26.9 Å². The van der Waals surface area contributed by atoms with Crippen LogP contribution in [0.15, 0.2) is 29.6 Å². The van der Waals surface area contributed by atoms with Crippen molar-refractivity contribution in [3.8, 4) is 11.8 Å². The van der Waals surface area contributed by atoms with E-state index in [1.54, 1.807) is 0 Å². The molecular formula is C20H24N4O2S. The first kappa shape index (κ1) is 19.3. The fourth-order valence-corrected chi connectivity index (χ4v) is 4.09. The van der Waals surface area contributed by atoms with Crippen LogP contribution in [0, 0.1) is 18.3 Å². The summed E-state index contributed by atoms with van der Waals surface area (Å²) < 4.78 is 5.73. The normalized spacial score (nSPS) is 16.0. The third kappa shape index (κ3) is 4.65. The molecule has 27 heavy (non-hydrogen) atoms. The minimum absolute atomic E-state index is 0.0741. The number of thiazole rings is 1. The topological polar surface area (TPSA) is 69.5 Å². The van der Waals surface area contributed by atoms with Crippen LogP contribution in [0.3, 0.4) is 0 Å². The van der Waals surface area contributed by atoms with Gasteiger partial charge in [-0.1, -0.05) is 12.1 Å². The minimum atomic E-state index is -0.764. The molecule has 0 bridgehead atoms. The lowest BCUT2D eigenvalue weighted by Crippen LogP contribution is -2.48. The highest BCUT2D eigenvalue weighted by atomic mass is 32.1. The molecule has 0 N–H and O–H groups in total. The van der Waals surface area contributed by atoms with Crippen molar-refractivity contribution in [1.29, 1.82) is 5.26 Å². The predicted octanol–water partition coefficient (Wildman–Crippen LogP) is 2.85. The molecule has 2 heterocycles. The lowest BCUT2D eigenvalue weighted by molar-refractivity contribution is -0.120. The third-order valence-electron chi connectivity index (χ3n) is 4.59. The number of anilines is 1. The number of carbonyl (C=O) groups is 1. The van der Waals surface area contributed by atoms with Crippen molar-refractivity contribution in [2.75, 3.05) is 44.2 Å². The lowest BCUT2D eigenvalue weighted by Gasteiger charge is -2.36. The molecule has 1 atom stereocenters. The van der Waals surface area contributed by atoms with Gasteiger partial charge in [-0.15, -0.1) is 11.3 Å². The van der Waals surface area contributed by atoms with Gasteiger partial charge in [0.25, 0.3) is 0 Å². The van der Waals surface area contributed by atoms with E-state index in [9.17, 15) is 10.1 Å². The van der Waals surface area contributed by atoms with Gasteiger partial charge in [-0.25, -0.2) is 4.98 Å². The SMILES string of the molecule is CCOc1ccccc1N1CCN(CC(=O)[C@@H](C#N)c2nc(C)cs2)CC1. The average Bonchev–Trinajstić information content (AvgIpc) is 3.10. The van der Waals surface area contributed by atoms with E-state index in [-0.39, 0.29) is 12.3 Å². The molecule has 7 heteroatoms. The van der Waals surface area contributed by atoms with Gasteiger partial charge in [-0.05, 0) is 26.0 Å². The smallest absolute Gasteiger partial charge is 0.170 e. The molecule has 1 aliphatic rings. The van der Waals surface area contributed by atoms with Crippen molar-refractivity contribution in [1.82, 2.24) is 9.88 Å². The maximum atomic E-state index is 12.6. The zero-order chi connectivity index (χ0) is 19.2. The molecule has 142 valence electrons. The fraction of sp³-hybridized carbons (Fsp3) is 0.450. The number of ketones is 1. The Bertz CT molecular complexity index is 821. The van der Waals surface area contributed by atoms with E-state index in [1.165, 1.54) is 11.3 Å². The summed E-state index contributed by atoms with van der Waals surface area (Å²) in [4.78, 5) is 21.3. The summed E-state index contributed by atoms with van der Waals surface area (Å²) in [6, 6.07) is 10.2. The molecular weight excluding hydrogens is 360 g/mol. The van der Waals surface area contributed by atoms with Gasteiger partial charge in [0.2, 0.25) is 0 Å². The number of carbonyl (C=O) groups excluding carboxylic acids is 1. The van der Waals surface area contributed by atoms with Crippen molar-refractivity contribution in [3.05, 3.63) is 40.3 Å². The van der Waals surface area contributed by atoms with Crippen molar-refractivity contribution in [2.24, 2.45) is 0 Å². The summed E-state index contributed by atoms with van der Waals surface area (Å²) in [6.45, 7) is 7.99. The van der Waals surface area contributed by atoms with E-state index in [0.29, 0.717) is 11.6 Å². The molecule has 1 aliphatic heterocycles. The van der Waals surface area contributed by atoms with Crippen LogP contribution in [0.5, 0.6) is 5.75 Å². The number of nitrogens with zero attached hydrogens (tertiary/aromatic N) is 4. The van der Waals surface area contributed by atoms with E-state index in [4.69, 9.17) is 4.74 Å². The lowest BCUT2D eigenvalue weighted by atomic mass is 10.1. The zero-order valence-corrected chi connectivity index (χ0v) is 16.5. The third-order valence-corrected chi connectivity index (χ3v) is 5.62. The number of ether oxygens (including phenoxy) is 1. The molecule has 0 radical (unpaired) electrons. The molecule has 0 amide bonds. The summed E-state index contributed by atoms with van der Waals surface area (Å²) in [5.74, 6) is 0.0589. The monoisotopic (exact) mass is 384 g/mol. The maximum Gasteiger partial charge on any atom is 0.170 e. The fourth-order valence-electron chi connectivity index (χ4n) is 3.22. The van der Waals surface area contributed by atoms with Crippen LogP contribution in [-0.4, -0.2) is 55.0 Å². The van der Waals surface area contributed by atoms with Crippen molar-refractivity contribution < 1.29 is 9.53 Å². The number of hydrogen-bond donors (Lipinski definition) is 0. The first-order valence-corrected chi connectivity index (χ1v) is 10.0. The Morgan fingerprint density at radius 3 is 2.70 bits per heavy atom. The number of aryl methyl sites for hydroxylation is 1. The predicted molar refractivity (Wildman–Crippen MR) is 106 cm³/mol. The summed E-state index contributed by atoms with van der Waals surface area (Å²) in [7, 11) is 0. The quantitative estimate of drug-likeness (QED) is 0.731. The van der Waals surface area contributed by atoms with Crippen LogP contribution >= 0.6 is 11.3 Å². The number of para-hydroxylation sites is 2. The van der Waals surface area contributed by atoms with Gasteiger partial charge in [0.15, 0.2) is 11.7 Å². The number of piperazine rings is 1. The average molecular weight is 385 g/mol. The Hall–Kier alpha value is -2.43. The van der Waals surface area contributed by atoms with Crippen LogP contribution in [0.25, 0.3) is 0 Å². The zero-order valence-electron chi connectivity index (χ0n) is 15.7. The van der Waals surface area contributed by atoms with E-state index >= 15 is 0 Å². The molecule has 6 nitrogen and oxygen atoms in total. The van der Waals surface area contributed by atoms with E-state index < -0.39 is 5.92 Å². The van der Waals surface area contributed by atoms with Gasteiger partial charge in [0, 0.05) is 37.3 Å². The number of Topliss-reactive ketones (excluding diaryl/α,β-unsaturated/α-hetero) is 1. The number of hydrogen-bond acceptors (Lipinski definition) is 7. The summed E-state index contributed by atoms with van der Waals surface area (Å²) in [5, 5.41) is 11.9. The summed E-state index contributed by atoms with van der Waals surface area (Å²) in [5.41, 5.74) is 1.95. The van der Waals surface area contributed by atoms with Crippen molar-refractivity contribution in [3.63, 3.8) is 0 Å². The number of rotatable bonds is 7. The van der Waals surface area contributed by atoms with Crippen molar-refractivity contribution in [2.45, 2.75) is 19.8 Å². The Labute approximate surface area is 164 Å². The van der Waals surface area contributed by atoms with Gasteiger partial charge in [-0.3, -0.25) is 9.69 Å². The Kier molecular flexibility index (Phi) is 6.43. The molecule has 0 spiro atoms. The number of nitriles is 1. The molecule has 0 unspecified atom stereocenters. The van der Waals surface area contributed by atoms with Crippen LogP contribution in [-0.2, 0) is 4.79 Å². The summed E-state index contributed by atoms with van der Waals surface area (Å²) in [6.07, 6.45) is 0. The highest BCUT2D eigenvalue weighted by Gasteiger charge is 2.27. The number of aromatic nitrogens is 1. The standard InChI is InChI=1S/C20H24N4O2S/c1-3-26-19-7-5-4-6-17(19)24-10-8-23(9-11-24)13-18(25)16(12-21)20-22-15(2)14-27-20/h4-7,14,16H,3,8-11,13H2,1-2H3/t16-/m1/s1. The van der Waals surface area contributed by atoms with Crippen molar-refractivity contribution >= 4 is 22.8 Å². The first-order chi connectivity index (χ1) is 13.1. The van der Waals surface area contributed by atoms with Crippen LogP contribution in [0.1, 0.15) is 23.5 Å². The molecule has 1 aromatic heterocycles. The highest BCUT2D eigenvalue weighted by Crippen LogP contribution is 2.29. The Morgan fingerprint density at radius 1 is 1.33 bits per heavy atom. The van der Waals surface area contributed by atoms with Crippen LogP contribution < -0.4 is 9.64 Å². The van der Waals surface area contributed by atoms with Crippen LogP contribution in [0.2, 0.25) is 0 Å². The van der Waals surface area contributed by atoms with Gasteiger partial charge in [0.05, 0.1) is 24.9 Å². The second kappa shape index (κ2) is 8.98. The maximum absolute atomic E-state index is 12.6. The number of benzene rings is 1. The Balaban J connectivity index is 1.58. The molecule has 0 saturated carbocycles. The summed E-state index contributed by atoms with van der Waals surface area (Å²) >= 11 is 1.38. The Morgan fingerprint density at radius 2 is 2.07 bits per heavy atom. The van der Waals surface area contributed by atoms with Gasteiger partial charge >= 0.3 is 0 Å². The van der Waals surface area contributed by atoms with Crippen LogP contribution in [0.4, 0.5) is 5.69 Å². The van der Waals surface area contributed by atoms with E-state index in [1.807, 2.05) is 37.4 Å².